The van der Waals surface area contributed by atoms with Crippen molar-refractivity contribution < 1.29 is 14.2 Å². The fourth-order valence-corrected chi connectivity index (χ4v) is 4.20. The summed E-state index contributed by atoms with van der Waals surface area (Å²) >= 11 is 5.79. The highest BCUT2D eigenvalue weighted by atomic mass is 35.5. The number of fused-ring (bicyclic) bond motifs is 1. The first-order valence-corrected chi connectivity index (χ1v) is 11.4. The molecule has 2 aromatic heterocycles. The molecule has 3 N–H and O–H groups in total. The monoisotopic (exact) mass is 475 g/mol. The predicted octanol–water partition coefficient (Wildman–Crippen LogP) is 2.48. The van der Waals surface area contributed by atoms with E-state index in [1.807, 2.05) is 0 Å². The minimum absolute atomic E-state index is 0.00131. The molecule has 10 heteroatoms. The lowest BCUT2D eigenvalue weighted by Gasteiger charge is -2.31. The number of aliphatic hydroxyl groups excluding tert-OH is 1. The average molecular weight is 476 g/mol. The summed E-state index contributed by atoms with van der Waals surface area (Å²) in [7, 11) is 0. The largest absolute Gasteiger partial charge is 0.486 e. The maximum atomic E-state index is 13.3. The van der Waals surface area contributed by atoms with E-state index in [0.29, 0.717) is 40.6 Å². The Kier molecular flexibility index (Phi) is 7.87. The van der Waals surface area contributed by atoms with E-state index in [-0.39, 0.29) is 23.8 Å². The number of β-amino-alcohol motifs (C(OH)–C–C–N with tert-alkyl or cyclic N) is 1. The van der Waals surface area contributed by atoms with Crippen LogP contribution in [-0.2, 0) is 13.2 Å². The summed E-state index contributed by atoms with van der Waals surface area (Å²) in [5, 5.41) is 13.0. The zero-order valence-electron chi connectivity index (χ0n) is 18.2. The van der Waals surface area contributed by atoms with Crippen LogP contribution in [0, 0.1) is 11.7 Å². The van der Waals surface area contributed by atoms with Gasteiger partial charge in [-0.15, -0.1) is 0 Å². The molecule has 0 amide bonds. The molecule has 33 heavy (non-hydrogen) atoms. The van der Waals surface area contributed by atoms with E-state index in [1.165, 1.54) is 18.2 Å². The molecule has 0 spiro atoms. The molecule has 0 atom stereocenters. The van der Waals surface area contributed by atoms with Gasteiger partial charge >= 0.3 is 0 Å². The summed E-state index contributed by atoms with van der Waals surface area (Å²) in [6, 6.07) is 5.71. The van der Waals surface area contributed by atoms with Crippen molar-refractivity contribution >= 4 is 22.5 Å². The molecule has 176 valence electrons. The van der Waals surface area contributed by atoms with Crippen LogP contribution in [0.15, 0.2) is 35.3 Å². The molecule has 0 unspecified atom stereocenters. The highest BCUT2D eigenvalue weighted by Crippen LogP contribution is 2.22. The first-order valence-electron chi connectivity index (χ1n) is 11.0. The maximum Gasteiger partial charge on any atom is 0.258 e. The van der Waals surface area contributed by atoms with E-state index < -0.39 is 5.82 Å². The molecule has 1 saturated heterocycles. The van der Waals surface area contributed by atoms with Gasteiger partial charge in [-0.2, -0.15) is 0 Å². The highest BCUT2D eigenvalue weighted by Gasteiger charge is 2.18. The number of likely N-dealkylation sites (tertiary alicyclic amines) is 1. The fraction of sp³-hybridized carbons (Fsp3) is 0.435. The minimum atomic E-state index is -0.528. The Labute approximate surface area is 195 Å². The second kappa shape index (κ2) is 11.0. The van der Waals surface area contributed by atoms with Gasteiger partial charge in [-0.1, -0.05) is 11.6 Å². The number of halogens is 2. The molecule has 1 aliphatic rings. The van der Waals surface area contributed by atoms with Gasteiger partial charge in [0.15, 0.2) is 0 Å². The second-order valence-corrected chi connectivity index (χ2v) is 8.58. The van der Waals surface area contributed by atoms with Crippen LogP contribution in [0.1, 0.15) is 24.4 Å². The third kappa shape index (κ3) is 6.05. The molecule has 1 fully saturated rings. The summed E-state index contributed by atoms with van der Waals surface area (Å²) < 4.78 is 19.0. The first-order chi connectivity index (χ1) is 16.0. The van der Waals surface area contributed by atoms with Gasteiger partial charge in [0.25, 0.3) is 5.56 Å². The number of hydrogen-bond acceptors (Lipinski definition) is 7. The van der Waals surface area contributed by atoms with E-state index in [0.717, 1.165) is 39.0 Å². The van der Waals surface area contributed by atoms with Gasteiger partial charge in [0.1, 0.15) is 29.5 Å². The molecule has 8 nitrogen and oxygen atoms in total. The van der Waals surface area contributed by atoms with Crippen molar-refractivity contribution in [2.24, 2.45) is 5.92 Å². The van der Waals surface area contributed by atoms with Crippen molar-refractivity contribution in [3.05, 3.63) is 63.2 Å². The topological polar surface area (TPSA) is 103 Å². The van der Waals surface area contributed by atoms with Crippen LogP contribution in [0.5, 0.6) is 5.75 Å². The Balaban J connectivity index is 1.40. The third-order valence-electron chi connectivity index (χ3n) is 5.86. The van der Waals surface area contributed by atoms with Crippen LogP contribution in [-0.4, -0.2) is 57.7 Å². The Morgan fingerprint density at radius 3 is 2.88 bits per heavy atom. The SMILES string of the molecule is O=c1[nH]c(COc2ccc(F)c(Cl)c2)nc2c(CNCC3CCN(CCO)CC3)nccc12. The van der Waals surface area contributed by atoms with Crippen molar-refractivity contribution in [1.82, 2.24) is 25.2 Å². The van der Waals surface area contributed by atoms with Crippen molar-refractivity contribution in [2.45, 2.75) is 26.0 Å². The summed E-state index contributed by atoms with van der Waals surface area (Å²) in [5.41, 5.74) is 0.959. The molecular formula is C23H27ClFN5O3. The lowest BCUT2D eigenvalue weighted by molar-refractivity contribution is 0.146. The highest BCUT2D eigenvalue weighted by molar-refractivity contribution is 6.30. The summed E-state index contributed by atoms with van der Waals surface area (Å²) in [4.78, 5) is 26.6. The van der Waals surface area contributed by atoms with E-state index in [9.17, 15) is 9.18 Å². The number of benzene rings is 1. The molecule has 0 saturated carbocycles. The van der Waals surface area contributed by atoms with Crippen molar-refractivity contribution in [3.8, 4) is 5.75 Å². The number of ether oxygens (including phenoxy) is 1. The molecule has 1 aromatic carbocycles. The Hall–Kier alpha value is -2.59. The van der Waals surface area contributed by atoms with Crippen molar-refractivity contribution in [1.29, 1.82) is 0 Å². The van der Waals surface area contributed by atoms with E-state index in [4.69, 9.17) is 21.4 Å². The van der Waals surface area contributed by atoms with Crippen LogP contribution in [0.2, 0.25) is 5.02 Å². The molecule has 1 aliphatic heterocycles. The van der Waals surface area contributed by atoms with E-state index >= 15 is 0 Å². The third-order valence-corrected chi connectivity index (χ3v) is 6.15. The van der Waals surface area contributed by atoms with Gasteiger partial charge < -0.3 is 25.0 Å². The number of piperidine rings is 1. The van der Waals surface area contributed by atoms with Crippen molar-refractivity contribution in [3.63, 3.8) is 0 Å². The predicted molar refractivity (Wildman–Crippen MR) is 124 cm³/mol. The Bertz CT molecular complexity index is 1150. The number of nitrogens with zero attached hydrogens (tertiary/aromatic N) is 3. The number of aromatic amines is 1. The fourth-order valence-electron chi connectivity index (χ4n) is 4.03. The number of pyridine rings is 1. The standard InChI is InChI=1S/C23H27ClFN5O3/c24-18-11-16(1-2-19(18)25)33-14-21-28-22-17(23(32)29-21)3-6-27-20(22)13-26-12-15-4-7-30(8-5-15)9-10-31/h1-3,6,11,15,26,31H,4-5,7-10,12-14H2,(H,28,29,32). The molecule has 3 heterocycles. The molecule has 0 aliphatic carbocycles. The Morgan fingerprint density at radius 1 is 1.30 bits per heavy atom. The maximum absolute atomic E-state index is 13.3. The van der Waals surface area contributed by atoms with Gasteiger partial charge in [0, 0.05) is 25.4 Å². The molecular weight excluding hydrogens is 449 g/mol. The summed E-state index contributed by atoms with van der Waals surface area (Å²) in [6.07, 6.45) is 3.78. The number of aliphatic hydroxyl groups is 1. The first kappa shape index (κ1) is 23.6. The number of H-pyrrole nitrogens is 1. The number of hydrogen-bond donors (Lipinski definition) is 3. The number of nitrogens with one attached hydrogen (secondary N) is 2. The molecule has 4 rings (SSSR count). The van der Waals surface area contributed by atoms with Crippen LogP contribution in [0.25, 0.3) is 10.9 Å². The van der Waals surface area contributed by atoms with Gasteiger partial charge in [0.2, 0.25) is 0 Å². The quantitative estimate of drug-likeness (QED) is 0.437. The molecule has 3 aromatic rings. The summed E-state index contributed by atoms with van der Waals surface area (Å²) in [6.45, 7) is 4.29. The van der Waals surface area contributed by atoms with Crippen LogP contribution in [0.3, 0.4) is 0 Å². The second-order valence-electron chi connectivity index (χ2n) is 8.17. The normalized spacial score (nSPS) is 15.2. The zero-order valence-corrected chi connectivity index (χ0v) is 18.9. The van der Waals surface area contributed by atoms with Crippen LogP contribution in [0.4, 0.5) is 4.39 Å². The summed E-state index contributed by atoms with van der Waals surface area (Å²) in [5.74, 6) is 0.763. The average Bonchev–Trinajstić information content (AvgIpc) is 2.81. The minimum Gasteiger partial charge on any atom is -0.486 e. The van der Waals surface area contributed by atoms with Gasteiger partial charge in [0.05, 0.1) is 22.7 Å². The van der Waals surface area contributed by atoms with E-state index in [2.05, 4.69) is 25.2 Å². The zero-order chi connectivity index (χ0) is 23.2. The smallest absolute Gasteiger partial charge is 0.258 e. The van der Waals surface area contributed by atoms with Gasteiger partial charge in [-0.05, 0) is 56.6 Å². The molecule has 0 radical (unpaired) electrons. The lowest BCUT2D eigenvalue weighted by atomic mass is 9.97. The van der Waals surface area contributed by atoms with Gasteiger partial charge in [-0.25, -0.2) is 9.37 Å². The lowest BCUT2D eigenvalue weighted by Crippen LogP contribution is -2.38. The van der Waals surface area contributed by atoms with Crippen LogP contribution < -0.4 is 15.6 Å². The van der Waals surface area contributed by atoms with Gasteiger partial charge in [-0.3, -0.25) is 9.78 Å². The Morgan fingerprint density at radius 2 is 2.12 bits per heavy atom. The van der Waals surface area contributed by atoms with Crippen LogP contribution >= 0.6 is 11.6 Å². The van der Waals surface area contributed by atoms with E-state index in [1.54, 1.807) is 12.3 Å². The number of aromatic nitrogens is 3. The molecule has 0 bridgehead atoms. The van der Waals surface area contributed by atoms with Crippen molar-refractivity contribution in [2.75, 3.05) is 32.8 Å². The number of rotatable bonds is 9.